The van der Waals surface area contributed by atoms with Gasteiger partial charge in [-0.1, -0.05) is 35.3 Å². The smallest absolute Gasteiger partial charge is 0.264 e. The summed E-state index contributed by atoms with van der Waals surface area (Å²) in [6.07, 6.45) is 1.69. The molecular formula is C22H16Cl2N2O2S. The summed E-state index contributed by atoms with van der Waals surface area (Å²) in [6, 6.07) is 14.7. The molecule has 0 radical (unpaired) electrons. The molecule has 1 saturated heterocycles. The Morgan fingerprint density at radius 2 is 1.93 bits per heavy atom. The van der Waals surface area contributed by atoms with Gasteiger partial charge in [-0.05, 0) is 73.1 Å². The molecular weight excluding hydrogens is 427 g/mol. The maximum absolute atomic E-state index is 12.3. The average molecular weight is 443 g/mol. The van der Waals surface area contributed by atoms with E-state index in [9.17, 15) is 4.79 Å². The SMILES string of the molecule is Cc1cccc(N=C2NC(=O)/C(=C\c3ccc(-c4cc(Cl)ccc4Cl)o3)S2)c1C. The summed E-state index contributed by atoms with van der Waals surface area (Å²) in [4.78, 5) is 17.4. The second-order valence-electron chi connectivity index (χ2n) is 6.53. The molecule has 1 aromatic heterocycles. The molecule has 7 heteroatoms. The first kappa shape index (κ1) is 19.8. The fraction of sp³-hybridized carbons (Fsp3) is 0.0909. The third-order valence-electron chi connectivity index (χ3n) is 4.54. The largest absolute Gasteiger partial charge is 0.457 e. The minimum atomic E-state index is -0.210. The van der Waals surface area contributed by atoms with Gasteiger partial charge in [-0.15, -0.1) is 0 Å². The number of amides is 1. The number of nitrogens with one attached hydrogen (secondary N) is 1. The number of hydrogen-bond donors (Lipinski definition) is 1. The Morgan fingerprint density at radius 3 is 2.76 bits per heavy atom. The van der Waals surface area contributed by atoms with E-state index < -0.39 is 0 Å². The van der Waals surface area contributed by atoms with Crippen molar-refractivity contribution in [3.05, 3.63) is 80.4 Å². The average Bonchev–Trinajstić information content (AvgIpc) is 3.28. The first-order valence-electron chi connectivity index (χ1n) is 8.82. The molecule has 1 amide bonds. The van der Waals surface area contributed by atoms with Crippen molar-refractivity contribution in [2.45, 2.75) is 13.8 Å². The number of hydrogen-bond acceptors (Lipinski definition) is 4. The summed E-state index contributed by atoms with van der Waals surface area (Å²) < 4.78 is 5.85. The van der Waals surface area contributed by atoms with E-state index in [-0.39, 0.29) is 5.91 Å². The number of furan rings is 1. The molecule has 29 heavy (non-hydrogen) atoms. The van der Waals surface area contributed by atoms with Crippen LogP contribution in [0.5, 0.6) is 0 Å². The molecule has 1 N–H and O–H groups in total. The first-order valence-corrected chi connectivity index (χ1v) is 10.4. The minimum Gasteiger partial charge on any atom is -0.457 e. The molecule has 3 aromatic rings. The second-order valence-corrected chi connectivity index (χ2v) is 8.40. The van der Waals surface area contributed by atoms with Gasteiger partial charge in [0.05, 0.1) is 15.6 Å². The van der Waals surface area contributed by atoms with Crippen LogP contribution in [0.15, 0.2) is 62.8 Å². The van der Waals surface area contributed by atoms with Gasteiger partial charge >= 0.3 is 0 Å². The van der Waals surface area contributed by atoms with Crippen LogP contribution in [-0.4, -0.2) is 11.1 Å². The van der Waals surface area contributed by atoms with Gasteiger partial charge in [0.2, 0.25) is 0 Å². The maximum atomic E-state index is 12.3. The molecule has 4 rings (SSSR count). The molecule has 2 aromatic carbocycles. The Kier molecular flexibility index (Phi) is 5.54. The molecule has 1 fully saturated rings. The lowest BCUT2D eigenvalue weighted by molar-refractivity contribution is -0.115. The van der Waals surface area contributed by atoms with Gasteiger partial charge in [-0.3, -0.25) is 4.79 Å². The van der Waals surface area contributed by atoms with Crippen LogP contribution in [0, 0.1) is 13.8 Å². The van der Waals surface area contributed by atoms with Crippen LogP contribution in [0.25, 0.3) is 17.4 Å². The first-order chi connectivity index (χ1) is 13.9. The number of aliphatic imine (C=N–C) groups is 1. The molecule has 146 valence electrons. The van der Waals surface area contributed by atoms with Crippen LogP contribution in [0.3, 0.4) is 0 Å². The van der Waals surface area contributed by atoms with Crippen molar-refractivity contribution < 1.29 is 9.21 Å². The van der Waals surface area contributed by atoms with Gasteiger partial charge < -0.3 is 9.73 Å². The number of aryl methyl sites for hydroxylation is 1. The van der Waals surface area contributed by atoms with Crippen molar-refractivity contribution in [2.24, 2.45) is 4.99 Å². The Morgan fingerprint density at radius 1 is 1.10 bits per heavy atom. The molecule has 0 atom stereocenters. The van der Waals surface area contributed by atoms with Gasteiger partial charge in [0.15, 0.2) is 5.17 Å². The summed E-state index contributed by atoms with van der Waals surface area (Å²) in [5.74, 6) is 0.913. The number of thioether (sulfide) groups is 1. The third kappa shape index (κ3) is 4.27. The van der Waals surface area contributed by atoms with Crippen molar-refractivity contribution in [1.82, 2.24) is 5.32 Å². The Bertz CT molecular complexity index is 1180. The van der Waals surface area contributed by atoms with E-state index in [4.69, 9.17) is 27.6 Å². The molecule has 0 bridgehead atoms. The summed E-state index contributed by atoms with van der Waals surface area (Å²) >= 11 is 13.6. The zero-order valence-corrected chi connectivity index (χ0v) is 18.0. The predicted molar refractivity (Wildman–Crippen MR) is 121 cm³/mol. The van der Waals surface area contributed by atoms with Crippen molar-refractivity contribution in [3.8, 4) is 11.3 Å². The zero-order chi connectivity index (χ0) is 20.5. The molecule has 4 nitrogen and oxygen atoms in total. The number of rotatable bonds is 3. The molecule has 2 heterocycles. The van der Waals surface area contributed by atoms with E-state index in [1.807, 2.05) is 32.0 Å². The van der Waals surface area contributed by atoms with E-state index in [2.05, 4.69) is 10.3 Å². The van der Waals surface area contributed by atoms with Crippen molar-refractivity contribution in [2.75, 3.05) is 0 Å². The van der Waals surface area contributed by atoms with Crippen LogP contribution in [0.2, 0.25) is 10.0 Å². The molecule has 0 saturated carbocycles. The van der Waals surface area contributed by atoms with Crippen LogP contribution >= 0.6 is 35.0 Å². The Balaban J connectivity index is 1.59. The van der Waals surface area contributed by atoms with E-state index in [1.54, 1.807) is 36.4 Å². The minimum absolute atomic E-state index is 0.210. The van der Waals surface area contributed by atoms with Gasteiger partial charge in [0, 0.05) is 16.7 Å². The summed E-state index contributed by atoms with van der Waals surface area (Å²) in [7, 11) is 0. The monoisotopic (exact) mass is 442 g/mol. The normalized spacial score (nSPS) is 16.6. The highest BCUT2D eigenvalue weighted by molar-refractivity contribution is 8.18. The van der Waals surface area contributed by atoms with Crippen LogP contribution in [-0.2, 0) is 4.79 Å². The number of benzene rings is 2. The molecule has 1 aliphatic rings. The Hall–Kier alpha value is -2.47. The fourth-order valence-electron chi connectivity index (χ4n) is 2.84. The highest BCUT2D eigenvalue weighted by atomic mass is 35.5. The number of halogens is 2. The van der Waals surface area contributed by atoms with Gasteiger partial charge in [0.1, 0.15) is 11.5 Å². The lowest BCUT2D eigenvalue weighted by Crippen LogP contribution is -2.19. The summed E-state index contributed by atoms with van der Waals surface area (Å²) in [6.45, 7) is 4.05. The molecule has 1 aliphatic heterocycles. The van der Waals surface area contributed by atoms with Crippen molar-refractivity contribution in [1.29, 1.82) is 0 Å². The maximum Gasteiger partial charge on any atom is 0.264 e. The number of amidine groups is 1. The van der Waals surface area contributed by atoms with Crippen LogP contribution in [0.4, 0.5) is 5.69 Å². The second kappa shape index (κ2) is 8.11. The molecule has 0 spiro atoms. The number of carbonyl (C=O) groups is 1. The van der Waals surface area contributed by atoms with Crippen molar-refractivity contribution in [3.63, 3.8) is 0 Å². The fourth-order valence-corrected chi connectivity index (χ4v) is 4.03. The third-order valence-corrected chi connectivity index (χ3v) is 6.02. The standard InChI is InChI=1S/C22H16Cl2N2O2S/c1-12-4-3-5-18(13(12)2)25-22-26-21(27)20(29-22)11-15-7-9-19(28-15)16-10-14(23)6-8-17(16)24/h3-11H,1-2H3,(H,25,26,27)/b20-11+. The number of nitrogens with zero attached hydrogens (tertiary/aromatic N) is 1. The molecule has 0 aliphatic carbocycles. The predicted octanol–water partition coefficient (Wildman–Crippen LogP) is 6.76. The quantitative estimate of drug-likeness (QED) is 0.455. The number of carbonyl (C=O) groups excluding carboxylic acids is 1. The van der Waals surface area contributed by atoms with Crippen molar-refractivity contribution >= 4 is 57.8 Å². The van der Waals surface area contributed by atoms with E-state index in [0.29, 0.717) is 37.2 Å². The Labute approximate surface area is 182 Å². The topological polar surface area (TPSA) is 54.6 Å². The van der Waals surface area contributed by atoms with Crippen LogP contribution < -0.4 is 5.32 Å². The summed E-state index contributed by atoms with van der Waals surface area (Å²) in [5, 5.41) is 4.45. The van der Waals surface area contributed by atoms with Gasteiger partial charge in [-0.25, -0.2) is 4.99 Å². The lowest BCUT2D eigenvalue weighted by atomic mass is 10.1. The lowest BCUT2D eigenvalue weighted by Gasteiger charge is -2.04. The van der Waals surface area contributed by atoms with Gasteiger partial charge in [0.25, 0.3) is 5.91 Å². The van der Waals surface area contributed by atoms with Crippen LogP contribution in [0.1, 0.15) is 16.9 Å². The van der Waals surface area contributed by atoms with Gasteiger partial charge in [-0.2, -0.15) is 0 Å². The highest BCUT2D eigenvalue weighted by Gasteiger charge is 2.24. The molecule has 0 unspecified atom stereocenters. The zero-order valence-electron chi connectivity index (χ0n) is 15.6. The van der Waals surface area contributed by atoms with E-state index in [0.717, 1.165) is 16.8 Å². The highest BCUT2D eigenvalue weighted by Crippen LogP contribution is 2.34. The summed E-state index contributed by atoms with van der Waals surface area (Å²) in [5.41, 5.74) is 3.77. The van der Waals surface area contributed by atoms with E-state index in [1.165, 1.54) is 11.8 Å². The van der Waals surface area contributed by atoms with E-state index >= 15 is 0 Å².